The second-order valence-corrected chi connectivity index (χ2v) is 11.1. The zero-order chi connectivity index (χ0) is 25.9. The van der Waals surface area contributed by atoms with Gasteiger partial charge < -0.3 is 9.47 Å². The molecule has 1 amide bonds. The Bertz CT molecular complexity index is 1360. The second-order valence-electron chi connectivity index (χ2n) is 8.68. The van der Waals surface area contributed by atoms with Crippen LogP contribution in [-0.4, -0.2) is 62.8 Å². The summed E-state index contributed by atoms with van der Waals surface area (Å²) in [6.07, 6.45) is 1.87. The number of nitrogens with zero attached hydrogens (tertiary/aromatic N) is 3. The molecule has 0 fully saturated rings. The molecule has 2 aromatic carbocycles. The van der Waals surface area contributed by atoms with Crippen molar-refractivity contribution in [2.45, 2.75) is 24.8 Å². The summed E-state index contributed by atoms with van der Waals surface area (Å²) in [7, 11) is 2.84. The van der Waals surface area contributed by atoms with Crippen LogP contribution in [0.1, 0.15) is 27.2 Å². The van der Waals surface area contributed by atoms with Crippen molar-refractivity contribution in [2.75, 3.05) is 34.7 Å². The smallest absolute Gasteiger partial charge is 0.253 e. The van der Waals surface area contributed by atoms with E-state index in [1.165, 1.54) is 29.4 Å². The maximum atomic E-state index is 14.6. The van der Waals surface area contributed by atoms with Crippen LogP contribution in [0.25, 0.3) is 10.9 Å². The molecule has 1 N–H and O–H groups in total. The first-order valence-electron chi connectivity index (χ1n) is 11.0. The molecule has 188 valence electrons. The average molecular weight is 521 g/mol. The van der Waals surface area contributed by atoms with Crippen molar-refractivity contribution in [3.63, 3.8) is 0 Å². The zero-order valence-electron chi connectivity index (χ0n) is 20.5. The van der Waals surface area contributed by atoms with Gasteiger partial charge in [0.2, 0.25) is 10.0 Å². The monoisotopic (exact) mass is 520 g/mol. The number of amides is 1. The van der Waals surface area contributed by atoms with Crippen molar-refractivity contribution in [2.24, 2.45) is 0 Å². The highest BCUT2D eigenvalue weighted by atomic mass is 35.5. The van der Waals surface area contributed by atoms with Gasteiger partial charge in [-0.3, -0.25) is 4.79 Å². The quantitative estimate of drug-likeness (QED) is 0.431. The number of benzene rings is 2. The van der Waals surface area contributed by atoms with Crippen LogP contribution in [0, 0.1) is 6.92 Å². The Morgan fingerprint density at radius 1 is 1.11 bits per heavy atom. The van der Waals surface area contributed by atoms with Gasteiger partial charge in [-0.15, -0.1) is 0 Å². The maximum Gasteiger partial charge on any atom is 0.253 e. The molecule has 35 heavy (non-hydrogen) atoms. The Hall–Kier alpha value is -2.72. The number of hydrogen-bond acceptors (Lipinski definition) is 4. The molecule has 0 aliphatic heterocycles. The summed E-state index contributed by atoms with van der Waals surface area (Å²) < 4.78 is 42.4. The van der Waals surface area contributed by atoms with Crippen molar-refractivity contribution in [1.82, 2.24) is 18.6 Å². The van der Waals surface area contributed by atoms with E-state index in [1.54, 1.807) is 44.4 Å². The molecule has 10 heteroatoms. The van der Waals surface area contributed by atoms with Gasteiger partial charge in [0.25, 0.3) is 5.91 Å². The molecule has 0 atom stereocenters. The largest absolute Gasteiger partial charge is 0.345 e. The van der Waals surface area contributed by atoms with Crippen LogP contribution in [0.4, 0.5) is 4.39 Å². The molecule has 0 spiro atoms. The van der Waals surface area contributed by atoms with Gasteiger partial charge in [0.05, 0.1) is 11.4 Å². The molecule has 3 aromatic rings. The van der Waals surface area contributed by atoms with Crippen LogP contribution in [0.15, 0.2) is 59.3 Å². The Balaban J connectivity index is 2.09. The van der Waals surface area contributed by atoms with E-state index in [0.717, 1.165) is 27.7 Å². The molecule has 3 rings (SSSR count). The summed E-state index contributed by atoms with van der Waals surface area (Å²) in [6, 6.07) is 12.1. The summed E-state index contributed by atoms with van der Waals surface area (Å²) in [5.74, 6) is -0.461. The summed E-state index contributed by atoms with van der Waals surface area (Å²) >= 11 is 5.45. The number of rotatable bonds is 9. The summed E-state index contributed by atoms with van der Waals surface area (Å²) in [4.78, 5) is 16.7. The molecule has 0 aliphatic rings. The predicted molar refractivity (Wildman–Crippen MR) is 138 cm³/mol. The lowest BCUT2D eigenvalue weighted by atomic mass is 10.0. The number of carbonyl (C=O) groups excluding carboxylic acids is 1. The number of carbonyl (C=O) groups is 1. The van der Waals surface area contributed by atoms with Gasteiger partial charge in [0.1, 0.15) is 5.83 Å². The van der Waals surface area contributed by atoms with Crippen LogP contribution in [-0.2, 0) is 23.0 Å². The Morgan fingerprint density at radius 3 is 2.34 bits per heavy atom. The fraction of sp³-hybridized carbons (Fsp3) is 0.320. The molecule has 1 aromatic heterocycles. The van der Waals surface area contributed by atoms with Gasteiger partial charge in [-0.1, -0.05) is 12.1 Å². The fourth-order valence-corrected chi connectivity index (χ4v) is 4.91. The minimum atomic E-state index is -3.53. The first kappa shape index (κ1) is 26.9. The molecular weight excluding hydrogens is 491 g/mol. The highest BCUT2D eigenvalue weighted by Crippen LogP contribution is 2.31. The molecular formula is C25H30ClFN4O3S. The molecule has 1 heterocycles. The van der Waals surface area contributed by atoms with E-state index in [0.29, 0.717) is 12.0 Å². The highest BCUT2D eigenvalue weighted by molar-refractivity contribution is 7.89. The fourth-order valence-electron chi connectivity index (χ4n) is 3.93. The van der Waals surface area contributed by atoms with E-state index in [-0.39, 0.29) is 29.7 Å². The molecule has 0 unspecified atom stereocenters. The lowest BCUT2D eigenvalue weighted by Crippen LogP contribution is -2.22. The minimum Gasteiger partial charge on any atom is -0.345 e. The number of aromatic nitrogens is 1. The first-order chi connectivity index (χ1) is 16.5. The number of fused-ring (bicyclic) bond motifs is 1. The predicted octanol–water partition coefficient (Wildman–Crippen LogP) is 4.09. The van der Waals surface area contributed by atoms with Gasteiger partial charge >= 0.3 is 0 Å². The molecule has 7 nitrogen and oxygen atoms in total. The van der Waals surface area contributed by atoms with Crippen molar-refractivity contribution >= 4 is 38.6 Å². The van der Waals surface area contributed by atoms with Gasteiger partial charge in [-0.05, 0) is 72.7 Å². The number of allylic oxidation sites excluding steroid dienone is 1. The third-order valence-corrected chi connectivity index (χ3v) is 7.88. The number of sulfonamides is 1. The third-order valence-electron chi connectivity index (χ3n) is 5.90. The maximum absolute atomic E-state index is 14.6. The molecule has 0 saturated carbocycles. The van der Waals surface area contributed by atoms with Crippen LogP contribution < -0.4 is 4.84 Å². The van der Waals surface area contributed by atoms with E-state index < -0.39 is 10.0 Å². The summed E-state index contributed by atoms with van der Waals surface area (Å²) in [6.45, 7) is 2.14. The number of nitrogens with one attached hydrogen (secondary N) is 1. The topological polar surface area (TPSA) is 74.7 Å². The lowest BCUT2D eigenvalue weighted by Gasteiger charge is -2.12. The van der Waals surface area contributed by atoms with Gasteiger partial charge in [-0.2, -0.15) is 0 Å². The van der Waals surface area contributed by atoms with E-state index in [1.807, 2.05) is 23.6 Å². The van der Waals surface area contributed by atoms with E-state index >= 15 is 0 Å². The lowest BCUT2D eigenvalue weighted by molar-refractivity contribution is 0.0827. The first-order valence-corrected chi connectivity index (χ1v) is 12.8. The van der Waals surface area contributed by atoms with Crippen LogP contribution >= 0.6 is 11.8 Å². The molecule has 0 bridgehead atoms. The van der Waals surface area contributed by atoms with Crippen molar-refractivity contribution in [1.29, 1.82) is 0 Å². The van der Waals surface area contributed by atoms with E-state index in [2.05, 4.69) is 4.84 Å². The molecule has 0 radical (unpaired) electrons. The van der Waals surface area contributed by atoms with Gasteiger partial charge in [0, 0.05) is 56.9 Å². The van der Waals surface area contributed by atoms with Crippen molar-refractivity contribution in [3.05, 3.63) is 76.8 Å². The van der Waals surface area contributed by atoms with Crippen LogP contribution in [0.3, 0.4) is 0 Å². The highest BCUT2D eigenvalue weighted by Gasteiger charge is 2.20. The zero-order valence-corrected chi connectivity index (χ0v) is 22.0. The Morgan fingerprint density at radius 2 is 1.77 bits per heavy atom. The molecule has 0 saturated heterocycles. The SMILES string of the molecule is Cc1c(Cc2ccc(S(=O)(=O)N(C)C)cc2)c2cc(C(=O)N(C)C)ccc2n1C/C(F)=C/CNCl. The van der Waals surface area contributed by atoms with Crippen LogP contribution in [0.2, 0.25) is 0 Å². The Kier molecular flexibility index (Phi) is 8.38. The normalized spacial score (nSPS) is 12.5. The van der Waals surface area contributed by atoms with Gasteiger partial charge in [-0.25, -0.2) is 21.9 Å². The van der Waals surface area contributed by atoms with E-state index in [4.69, 9.17) is 11.8 Å². The standard InChI is InChI=1S/C25H30ClFN4O3S/c1-17-22(14-18-6-9-21(10-7-18)35(33,34)30(4)5)23-15-19(25(32)29(2)3)8-11-24(23)31(17)16-20(27)12-13-28-26/h6-12,15,28H,13-14,16H2,1-5H3/b20-12-. The average Bonchev–Trinajstić information content (AvgIpc) is 3.07. The van der Waals surface area contributed by atoms with Crippen molar-refractivity contribution < 1.29 is 17.6 Å². The summed E-state index contributed by atoms with van der Waals surface area (Å²) in [5.41, 5.74) is 4.05. The Labute approximate surface area is 210 Å². The summed E-state index contributed by atoms with van der Waals surface area (Å²) in [5, 5.41) is 0.850. The third kappa shape index (κ3) is 5.75. The minimum absolute atomic E-state index is 0.0297. The second kappa shape index (κ2) is 10.9. The van der Waals surface area contributed by atoms with Crippen molar-refractivity contribution in [3.8, 4) is 0 Å². The molecule has 0 aliphatic carbocycles. The number of halogens is 2. The van der Waals surface area contributed by atoms with E-state index in [9.17, 15) is 17.6 Å². The van der Waals surface area contributed by atoms with Gasteiger partial charge in [0.15, 0.2) is 0 Å². The van der Waals surface area contributed by atoms with Crippen LogP contribution in [0.5, 0.6) is 0 Å². The number of hydrogen-bond donors (Lipinski definition) is 1.